The second kappa shape index (κ2) is 7.03. The van der Waals surface area contributed by atoms with Gasteiger partial charge in [-0.15, -0.1) is 0 Å². The second-order valence-corrected chi connectivity index (χ2v) is 7.19. The van der Waals surface area contributed by atoms with Crippen LogP contribution in [0.15, 0.2) is 0 Å². The highest BCUT2D eigenvalue weighted by molar-refractivity contribution is 6.54. The topological polar surface area (TPSA) is 44.8 Å². The van der Waals surface area contributed by atoms with Gasteiger partial charge in [0.1, 0.15) is 5.04 Å². The number of carbonyl (C=O) groups excluding carboxylic acids is 1. The summed E-state index contributed by atoms with van der Waals surface area (Å²) in [6.45, 7) is 12.3. The highest BCUT2D eigenvalue weighted by Crippen LogP contribution is 2.31. The first kappa shape index (κ1) is 15.6. The molecule has 0 radical (unpaired) electrons. The fourth-order valence-corrected chi connectivity index (χ4v) is 3.03. The fourth-order valence-electron chi connectivity index (χ4n) is 1.23. The predicted molar refractivity (Wildman–Crippen MR) is 65.7 cm³/mol. The van der Waals surface area contributed by atoms with Crippen molar-refractivity contribution in [3.8, 4) is 0 Å². The summed E-state index contributed by atoms with van der Waals surface area (Å²) >= 11 is 0. The minimum Gasteiger partial charge on any atom is -0.463 e. The van der Waals surface area contributed by atoms with E-state index in [0.29, 0.717) is 13.2 Å². The number of esters is 1. The molecule has 0 aromatic heterocycles. The number of carbonyl (C=O) groups is 1. The van der Waals surface area contributed by atoms with Gasteiger partial charge in [-0.05, 0) is 41.5 Å². The molecule has 0 atom stereocenters. The van der Waals surface area contributed by atoms with E-state index in [1.54, 1.807) is 0 Å². The van der Waals surface area contributed by atoms with Crippen molar-refractivity contribution in [1.29, 1.82) is 0 Å². The maximum Gasteiger partial charge on any atom is 0.338 e. The van der Waals surface area contributed by atoms with E-state index < -0.39 is 14.3 Å². The molecule has 0 aromatic rings. The molecule has 16 heavy (non-hydrogen) atoms. The van der Waals surface area contributed by atoms with Crippen LogP contribution >= 0.6 is 0 Å². The summed E-state index contributed by atoms with van der Waals surface area (Å²) < 4.78 is 16.4. The molecule has 5 heteroatoms. The zero-order chi connectivity index (χ0) is 12.8. The third-order valence-electron chi connectivity index (χ3n) is 2.09. The van der Waals surface area contributed by atoms with Gasteiger partial charge in [-0.25, -0.2) is 0 Å². The molecule has 0 heterocycles. The van der Waals surface area contributed by atoms with Crippen molar-refractivity contribution in [1.82, 2.24) is 0 Å². The van der Waals surface area contributed by atoms with Gasteiger partial charge in [0.25, 0.3) is 0 Å². The van der Waals surface area contributed by atoms with E-state index in [1.807, 2.05) is 41.5 Å². The number of hydrogen-bond donors (Lipinski definition) is 0. The molecule has 0 N–H and O–H groups in total. The minimum atomic E-state index is -2.03. The van der Waals surface area contributed by atoms with Gasteiger partial charge in [-0.2, -0.15) is 0 Å². The van der Waals surface area contributed by atoms with E-state index in [9.17, 15) is 4.79 Å². The highest BCUT2D eigenvalue weighted by atomic mass is 28.3. The van der Waals surface area contributed by atoms with Crippen LogP contribution in [0.1, 0.15) is 41.5 Å². The lowest BCUT2D eigenvalue weighted by atomic mass is 10.2. The van der Waals surface area contributed by atoms with Crippen molar-refractivity contribution in [2.24, 2.45) is 0 Å². The molecule has 0 aliphatic carbocycles. The first-order chi connectivity index (χ1) is 7.36. The molecule has 0 spiro atoms. The van der Waals surface area contributed by atoms with Crippen molar-refractivity contribution in [2.75, 3.05) is 13.2 Å². The van der Waals surface area contributed by atoms with Crippen molar-refractivity contribution < 1.29 is 18.4 Å². The first-order valence-electron chi connectivity index (χ1n) is 5.80. The normalized spacial score (nSPS) is 12.2. The lowest BCUT2D eigenvalue weighted by Crippen LogP contribution is -2.41. The minimum absolute atomic E-state index is 0.107. The lowest BCUT2D eigenvalue weighted by Gasteiger charge is -2.30. The molecule has 0 saturated carbocycles. The summed E-state index contributed by atoms with van der Waals surface area (Å²) in [6, 6.07) is 0. The van der Waals surface area contributed by atoms with E-state index >= 15 is 0 Å². The van der Waals surface area contributed by atoms with E-state index in [4.69, 9.17) is 13.6 Å². The molecule has 96 valence electrons. The van der Waals surface area contributed by atoms with Gasteiger partial charge in [0.2, 0.25) is 0 Å². The molecular weight excluding hydrogens is 224 g/mol. The predicted octanol–water partition coefficient (Wildman–Crippen LogP) is 2.01. The third-order valence-corrected chi connectivity index (χ3v) is 4.78. The van der Waals surface area contributed by atoms with E-state index in [1.165, 1.54) is 0 Å². The maximum absolute atomic E-state index is 11.9. The lowest BCUT2D eigenvalue weighted by molar-refractivity contribution is -0.151. The summed E-state index contributed by atoms with van der Waals surface area (Å²) in [5.74, 6) is -0.235. The summed E-state index contributed by atoms with van der Waals surface area (Å²) in [6.07, 6.45) is -0.107. The van der Waals surface area contributed by atoms with Crippen LogP contribution in [0.3, 0.4) is 0 Å². The van der Waals surface area contributed by atoms with Crippen LogP contribution in [0.5, 0.6) is 0 Å². The fraction of sp³-hybridized carbons (Fsp3) is 0.909. The molecule has 0 aliphatic heterocycles. The third kappa shape index (κ3) is 4.63. The summed E-state index contributed by atoms with van der Waals surface area (Å²) in [4.78, 5) is 11.9. The van der Waals surface area contributed by atoms with E-state index in [2.05, 4.69) is 0 Å². The first-order valence-corrected chi connectivity index (χ1v) is 7.32. The summed E-state index contributed by atoms with van der Waals surface area (Å²) in [5, 5.41) is -0.656. The van der Waals surface area contributed by atoms with Gasteiger partial charge in [0, 0.05) is 13.2 Å². The molecule has 0 aromatic carbocycles. The van der Waals surface area contributed by atoms with Crippen LogP contribution in [-0.2, 0) is 18.4 Å². The van der Waals surface area contributed by atoms with E-state index in [0.717, 1.165) is 0 Å². The van der Waals surface area contributed by atoms with Crippen LogP contribution in [0.25, 0.3) is 0 Å². The monoisotopic (exact) mass is 248 g/mol. The van der Waals surface area contributed by atoms with Crippen LogP contribution in [-0.4, -0.2) is 34.6 Å². The molecule has 0 aliphatic rings. The van der Waals surface area contributed by atoms with Crippen molar-refractivity contribution in [3.63, 3.8) is 0 Å². The molecule has 0 fully saturated rings. The van der Waals surface area contributed by atoms with Crippen LogP contribution in [0.2, 0.25) is 5.04 Å². The van der Waals surface area contributed by atoms with Gasteiger partial charge < -0.3 is 13.6 Å². The van der Waals surface area contributed by atoms with Gasteiger partial charge in [-0.1, -0.05) is 0 Å². The largest absolute Gasteiger partial charge is 0.463 e. The van der Waals surface area contributed by atoms with Gasteiger partial charge in [0.05, 0.1) is 6.10 Å². The zero-order valence-electron chi connectivity index (χ0n) is 11.2. The molecule has 0 unspecified atom stereocenters. The second-order valence-electron chi connectivity index (χ2n) is 4.42. The Morgan fingerprint density at radius 3 is 1.94 bits per heavy atom. The maximum atomic E-state index is 11.9. The quantitative estimate of drug-likeness (QED) is 0.511. The Morgan fingerprint density at radius 2 is 1.62 bits per heavy atom. The van der Waals surface area contributed by atoms with Gasteiger partial charge in [0.15, 0.2) is 0 Å². The number of hydrogen-bond acceptors (Lipinski definition) is 4. The Hall–Kier alpha value is -0.393. The molecule has 4 nitrogen and oxygen atoms in total. The Labute approximate surface area is 100 Å². The average molecular weight is 248 g/mol. The molecule has 0 saturated heterocycles. The van der Waals surface area contributed by atoms with Crippen LogP contribution in [0.4, 0.5) is 0 Å². The zero-order valence-corrected chi connectivity index (χ0v) is 12.4. The Kier molecular flexibility index (Phi) is 6.86. The summed E-state index contributed by atoms with van der Waals surface area (Å²) in [5.41, 5.74) is 0. The Bertz CT molecular complexity index is 210. The van der Waals surface area contributed by atoms with Crippen LogP contribution < -0.4 is 0 Å². The van der Waals surface area contributed by atoms with Crippen molar-refractivity contribution in [3.05, 3.63) is 0 Å². The smallest absolute Gasteiger partial charge is 0.338 e. The molecular formula is C11H24O4Si. The number of rotatable bonds is 7. The SMILES string of the molecule is CCO[SiH](OCC)C(C)(C)C(=O)OC(C)C. The molecule has 0 bridgehead atoms. The highest BCUT2D eigenvalue weighted by Gasteiger charge is 2.43. The van der Waals surface area contributed by atoms with E-state index in [-0.39, 0.29) is 12.1 Å². The molecule has 0 amide bonds. The number of ether oxygens (including phenoxy) is 1. The summed E-state index contributed by atoms with van der Waals surface area (Å²) in [7, 11) is -2.03. The Balaban J connectivity index is 4.61. The van der Waals surface area contributed by atoms with Crippen molar-refractivity contribution in [2.45, 2.75) is 52.7 Å². The van der Waals surface area contributed by atoms with Crippen LogP contribution in [0, 0.1) is 0 Å². The molecule has 0 rings (SSSR count). The Morgan fingerprint density at radius 1 is 1.19 bits per heavy atom. The average Bonchev–Trinajstić information content (AvgIpc) is 2.16. The van der Waals surface area contributed by atoms with Gasteiger partial charge >= 0.3 is 15.3 Å². The van der Waals surface area contributed by atoms with Crippen molar-refractivity contribution >= 4 is 15.3 Å². The van der Waals surface area contributed by atoms with Gasteiger partial charge in [-0.3, -0.25) is 4.79 Å². The standard InChI is InChI=1S/C11H24O4Si/c1-7-13-16(14-8-2)11(5,6)10(12)15-9(3)4/h9,16H,7-8H2,1-6H3.